The molecule has 0 fully saturated rings. The Morgan fingerprint density at radius 3 is 2.00 bits per heavy atom. The lowest BCUT2D eigenvalue weighted by atomic mass is 9.99. The number of carbonyl (C=O) groups excluding carboxylic acids is 1. The molecule has 0 amide bonds. The third-order valence-corrected chi connectivity index (χ3v) is 1.47. The van der Waals surface area contributed by atoms with Gasteiger partial charge in [0, 0.05) is 17.5 Å². The van der Waals surface area contributed by atoms with Crippen LogP contribution < -0.4 is 5.73 Å². The van der Waals surface area contributed by atoms with Crippen LogP contribution >= 0.6 is 0 Å². The van der Waals surface area contributed by atoms with Gasteiger partial charge in [0.15, 0.2) is 0 Å². The second-order valence-electron chi connectivity index (χ2n) is 4.64. The van der Waals surface area contributed by atoms with E-state index >= 15 is 0 Å². The maximum absolute atomic E-state index is 11.1. The quantitative estimate of drug-likeness (QED) is 0.398. The first kappa shape index (κ1) is 19.4. The number of esters is 1. The second kappa shape index (κ2) is 7.47. The van der Waals surface area contributed by atoms with Crippen LogP contribution in [0, 0.1) is 0 Å². The monoisotopic (exact) mass is 283 g/mol. The lowest BCUT2D eigenvalue weighted by Gasteiger charge is -2.23. The van der Waals surface area contributed by atoms with Crippen LogP contribution in [0.15, 0.2) is 12.2 Å². The highest BCUT2D eigenvalue weighted by molar-refractivity contribution is 7.79. The molecule has 0 radical (unpaired) electrons. The normalized spacial score (nSPS) is 13.1. The van der Waals surface area contributed by atoms with E-state index in [1.54, 1.807) is 6.92 Å². The molecule has 4 N–H and O–H groups in total. The minimum Gasteiger partial charge on any atom is -0.459 e. The molecule has 108 valence electrons. The second-order valence-corrected chi connectivity index (χ2v) is 5.53. The highest BCUT2D eigenvalue weighted by Crippen LogP contribution is 2.11. The lowest BCUT2D eigenvalue weighted by Crippen LogP contribution is -2.36. The van der Waals surface area contributed by atoms with Crippen LogP contribution in [0.4, 0.5) is 0 Å². The molecule has 7 nitrogen and oxygen atoms in total. The number of carbonyl (C=O) groups is 1. The van der Waals surface area contributed by atoms with Crippen molar-refractivity contribution < 1.29 is 27.1 Å². The summed E-state index contributed by atoms with van der Waals surface area (Å²) in [7, 11) is -4.67. The summed E-state index contributed by atoms with van der Waals surface area (Å²) < 4.78 is 36.7. The van der Waals surface area contributed by atoms with Gasteiger partial charge in [0.25, 0.3) is 0 Å². The summed E-state index contributed by atoms with van der Waals surface area (Å²) in [5.41, 5.74) is 5.88. The number of ether oxygens (including phenoxy) is 1. The van der Waals surface area contributed by atoms with Gasteiger partial charge in [-0.1, -0.05) is 6.58 Å². The molecule has 0 aromatic carbocycles. The Hall–Kier alpha value is -0.960. The van der Waals surface area contributed by atoms with Gasteiger partial charge in [-0.15, -0.1) is 0 Å². The van der Waals surface area contributed by atoms with Crippen molar-refractivity contribution in [3.8, 4) is 0 Å². The molecule has 0 aromatic heterocycles. The van der Waals surface area contributed by atoms with Crippen molar-refractivity contribution >= 4 is 16.4 Å². The average molecular weight is 283 g/mol. The Morgan fingerprint density at radius 2 is 1.78 bits per heavy atom. The van der Waals surface area contributed by atoms with Crippen LogP contribution in [0.25, 0.3) is 0 Å². The Kier molecular flexibility index (Phi) is 8.04. The number of rotatable bonds is 4. The lowest BCUT2D eigenvalue weighted by molar-refractivity contribution is -0.144. The summed E-state index contributed by atoms with van der Waals surface area (Å²) in [4.78, 5) is 11.1. The van der Waals surface area contributed by atoms with Crippen molar-refractivity contribution in [2.24, 2.45) is 5.73 Å². The summed E-state index contributed by atoms with van der Waals surface area (Å²) in [6.07, 6.45) is 0.482. The summed E-state index contributed by atoms with van der Waals surface area (Å²) in [5, 5.41) is 0. The first-order valence-electron chi connectivity index (χ1n) is 5.07. The van der Waals surface area contributed by atoms with Gasteiger partial charge < -0.3 is 10.5 Å². The molecular weight excluding hydrogens is 262 g/mol. The molecular formula is C10H21NO6S. The van der Waals surface area contributed by atoms with Crippen LogP contribution in [-0.2, 0) is 19.9 Å². The molecule has 0 spiro atoms. The molecule has 0 saturated heterocycles. The van der Waals surface area contributed by atoms with Gasteiger partial charge in [-0.05, 0) is 27.7 Å². The third-order valence-electron chi connectivity index (χ3n) is 1.47. The molecule has 0 heterocycles. The minimum absolute atomic E-state index is 0.163. The van der Waals surface area contributed by atoms with Crippen molar-refractivity contribution in [1.82, 2.24) is 0 Å². The van der Waals surface area contributed by atoms with Gasteiger partial charge in [-0.3, -0.25) is 9.11 Å². The van der Waals surface area contributed by atoms with E-state index in [0.717, 1.165) is 0 Å². The molecule has 0 bridgehead atoms. The predicted molar refractivity (Wildman–Crippen MR) is 67.4 cm³/mol. The van der Waals surface area contributed by atoms with Crippen LogP contribution in [0.2, 0.25) is 0 Å². The van der Waals surface area contributed by atoms with E-state index in [1.807, 2.05) is 20.8 Å². The van der Waals surface area contributed by atoms with E-state index in [4.69, 9.17) is 28.0 Å². The topological polar surface area (TPSA) is 127 Å². The zero-order valence-electron chi connectivity index (χ0n) is 11.0. The summed E-state index contributed by atoms with van der Waals surface area (Å²) in [6.45, 7) is 10.8. The van der Waals surface area contributed by atoms with Crippen molar-refractivity contribution in [3.63, 3.8) is 0 Å². The van der Waals surface area contributed by atoms with Crippen LogP contribution in [0.3, 0.4) is 0 Å². The summed E-state index contributed by atoms with van der Waals surface area (Å²) >= 11 is 0. The Labute approximate surface area is 108 Å². The van der Waals surface area contributed by atoms with Gasteiger partial charge in [0.1, 0.15) is 6.10 Å². The van der Waals surface area contributed by atoms with E-state index in [9.17, 15) is 4.79 Å². The standard InChI is InChI=1S/C10H19NO2.H2O4S/c1-7(2)9(12)13-8(3)6-10(4,5)11;1-5(2,3)4/h8H,1,6,11H2,2-5H3;(H2,1,2,3,4). The molecule has 18 heavy (non-hydrogen) atoms. The number of hydrogen-bond acceptors (Lipinski definition) is 5. The minimum atomic E-state index is -4.67. The smallest absolute Gasteiger partial charge is 0.394 e. The van der Waals surface area contributed by atoms with E-state index in [0.29, 0.717) is 12.0 Å². The maximum Gasteiger partial charge on any atom is 0.394 e. The molecule has 8 heteroatoms. The molecule has 0 rings (SSSR count). The van der Waals surface area contributed by atoms with Crippen LogP contribution in [0.5, 0.6) is 0 Å². The first-order valence-corrected chi connectivity index (χ1v) is 6.47. The summed E-state index contributed by atoms with van der Waals surface area (Å²) in [5.74, 6) is -0.350. The van der Waals surface area contributed by atoms with Crippen molar-refractivity contribution in [3.05, 3.63) is 12.2 Å². The number of nitrogens with two attached hydrogens (primary N) is 1. The van der Waals surface area contributed by atoms with Crippen molar-refractivity contribution in [1.29, 1.82) is 0 Å². The molecule has 1 atom stereocenters. The zero-order chi connectivity index (χ0) is 15.1. The van der Waals surface area contributed by atoms with Crippen molar-refractivity contribution in [2.45, 2.75) is 45.8 Å². The van der Waals surface area contributed by atoms with E-state index < -0.39 is 10.4 Å². The van der Waals surface area contributed by atoms with Gasteiger partial charge in [0.2, 0.25) is 0 Å². The third kappa shape index (κ3) is 20.5. The average Bonchev–Trinajstić information content (AvgIpc) is 1.95. The van der Waals surface area contributed by atoms with Gasteiger partial charge in [-0.25, -0.2) is 4.79 Å². The van der Waals surface area contributed by atoms with Gasteiger partial charge in [0.05, 0.1) is 0 Å². The Balaban J connectivity index is 0. The fraction of sp³-hybridized carbons (Fsp3) is 0.700. The summed E-state index contributed by atoms with van der Waals surface area (Å²) in [6, 6.07) is 0. The predicted octanol–water partition coefficient (Wildman–Crippen LogP) is 0.969. The molecule has 0 saturated carbocycles. The molecule has 1 unspecified atom stereocenters. The highest BCUT2D eigenvalue weighted by atomic mass is 32.3. The molecule has 0 aliphatic heterocycles. The zero-order valence-corrected chi connectivity index (χ0v) is 11.8. The molecule has 0 aromatic rings. The molecule has 0 aliphatic carbocycles. The largest absolute Gasteiger partial charge is 0.459 e. The maximum atomic E-state index is 11.1. The Bertz CT molecular complexity index is 374. The first-order chi connectivity index (χ1) is 7.72. The Morgan fingerprint density at radius 1 is 1.44 bits per heavy atom. The van der Waals surface area contributed by atoms with E-state index in [-0.39, 0.29) is 17.6 Å². The van der Waals surface area contributed by atoms with Crippen molar-refractivity contribution in [2.75, 3.05) is 0 Å². The molecule has 0 aliphatic rings. The van der Waals surface area contributed by atoms with Gasteiger partial charge in [-0.2, -0.15) is 8.42 Å². The fourth-order valence-corrected chi connectivity index (χ4v) is 1.07. The SMILES string of the molecule is C=C(C)C(=O)OC(C)CC(C)(C)N.O=S(=O)(O)O. The highest BCUT2D eigenvalue weighted by Gasteiger charge is 2.18. The van der Waals surface area contributed by atoms with Crippen LogP contribution in [0.1, 0.15) is 34.1 Å². The fourth-order valence-electron chi connectivity index (χ4n) is 1.07. The number of hydrogen-bond donors (Lipinski definition) is 3. The van der Waals surface area contributed by atoms with E-state index in [2.05, 4.69) is 6.58 Å². The van der Waals surface area contributed by atoms with Crippen LogP contribution in [-0.4, -0.2) is 35.1 Å². The van der Waals surface area contributed by atoms with Gasteiger partial charge >= 0.3 is 16.4 Å². The van der Waals surface area contributed by atoms with E-state index in [1.165, 1.54) is 0 Å².